The summed E-state index contributed by atoms with van der Waals surface area (Å²) in [5.41, 5.74) is 8.02. The van der Waals surface area contributed by atoms with Crippen molar-refractivity contribution in [1.29, 1.82) is 0 Å². The van der Waals surface area contributed by atoms with Crippen LogP contribution in [0.5, 0.6) is 0 Å². The maximum absolute atomic E-state index is 12.6. The van der Waals surface area contributed by atoms with E-state index < -0.39 is 5.97 Å². The Bertz CT molecular complexity index is 1090. The molecule has 2 aromatic carbocycles. The highest BCUT2D eigenvalue weighted by molar-refractivity contribution is 6.44. The lowest BCUT2D eigenvalue weighted by Crippen LogP contribution is -2.73. The fraction of sp³-hybridized carbons (Fsp3) is 0.333. The molecule has 0 aliphatic carbocycles. The number of hydrogen-bond acceptors (Lipinski definition) is 5. The first-order chi connectivity index (χ1) is 16.0. The van der Waals surface area contributed by atoms with Crippen LogP contribution >= 0.6 is 0 Å². The number of hydrogen-bond donors (Lipinski definition) is 1. The number of carbonyl (C=O) groups is 1. The van der Waals surface area contributed by atoms with Crippen molar-refractivity contribution in [3.8, 4) is 0 Å². The van der Waals surface area contributed by atoms with E-state index in [1.165, 1.54) is 36.8 Å². The zero-order valence-electron chi connectivity index (χ0n) is 19.8. The summed E-state index contributed by atoms with van der Waals surface area (Å²) in [7, 11) is 5.25. The van der Waals surface area contributed by atoms with Crippen molar-refractivity contribution in [1.82, 2.24) is 0 Å². The van der Waals surface area contributed by atoms with E-state index in [-0.39, 0.29) is 5.71 Å². The summed E-state index contributed by atoms with van der Waals surface area (Å²) in [5.74, 6) is -0.502. The van der Waals surface area contributed by atoms with Crippen LogP contribution in [-0.2, 0) is 22.4 Å². The van der Waals surface area contributed by atoms with Crippen molar-refractivity contribution in [3.05, 3.63) is 71.3 Å². The van der Waals surface area contributed by atoms with Gasteiger partial charge in [-0.1, -0.05) is 24.8 Å². The number of hydrazone groups is 1. The van der Waals surface area contributed by atoms with Gasteiger partial charge in [-0.3, -0.25) is 5.01 Å². The highest BCUT2D eigenvalue weighted by Crippen LogP contribution is 2.38. The molecule has 2 aliphatic rings. The van der Waals surface area contributed by atoms with Crippen molar-refractivity contribution in [2.24, 2.45) is 5.10 Å². The minimum absolute atomic E-state index is 0.196. The van der Waals surface area contributed by atoms with Crippen molar-refractivity contribution in [2.75, 3.05) is 44.2 Å². The number of allylic oxidation sites excluding steroid dienone is 1. The van der Waals surface area contributed by atoms with E-state index >= 15 is 0 Å². The van der Waals surface area contributed by atoms with E-state index in [1.54, 1.807) is 5.01 Å². The molecular weight excluding hydrogens is 412 g/mol. The third-order valence-electron chi connectivity index (χ3n) is 6.39. The highest BCUT2D eigenvalue weighted by Gasteiger charge is 2.25. The normalized spacial score (nSPS) is 15.4. The average Bonchev–Trinajstić information content (AvgIpc) is 2.85. The Morgan fingerprint density at radius 1 is 1.18 bits per heavy atom. The van der Waals surface area contributed by atoms with Crippen molar-refractivity contribution in [2.45, 2.75) is 25.7 Å². The number of ether oxygens (including phenoxy) is 1. The Morgan fingerprint density at radius 3 is 2.48 bits per heavy atom. The standard InChI is InChI=1S/C27H32N4O2/c1-19(13-14-20-9-5-6-12-24(20)28-2)25(27(32)33-4)29-30(3)23-17-21-10-7-15-31-16-8-11-22(18-23)26(21)31/h5-6,9,12-14,17-18,28H,1,7-8,10-11,15-16H2,2-4H3/p+1/b14-13-,29-25-. The molecule has 6 nitrogen and oxygen atoms in total. The largest absolute Gasteiger partial charge is 0.464 e. The minimum atomic E-state index is -0.502. The molecule has 2 aromatic rings. The molecule has 0 aromatic heterocycles. The predicted molar refractivity (Wildman–Crippen MR) is 135 cm³/mol. The molecular formula is C27H33N4O2+. The third-order valence-corrected chi connectivity index (χ3v) is 6.39. The summed E-state index contributed by atoms with van der Waals surface area (Å²) in [6.07, 6.45) is 8.28. The Morgan fingerprint density at radius 2 is 1.85 bits per heavy atom. The molecule has 0 spiro atoms. The number of rotatable bonds is 7. The van der Waals surface area contributed by atoms with E-state index in [0.29, 0.717) is 5.57 Å². The van der Waals surface area contributed by atoms with Gasteiger partial charge in [-0.2, -0.15) is 5.10 Å². The second-order valence-corrected chi connectivity index (χ2v) is 8.55. The highest BCUT2D eigenvalue weighted by atomic mass is 16.5. The molecule has 2 aliphatic heterocycles. The number of carbonyl (C=O) groups excluding carboxylic acids is 1. The minimum Gasteiger partial charge on any atom is -0.464 e. The summed E-state index contributed by atoms with van der Waals surface area (Å²) >= 11 is 0. The Hall–Kier alpha value is -3.38. The molecule has 4 rings (SSSR count). The average molecular weight is 446 g/mol. The topological polar surface area (TPSA) is 61.8 Å². The van der Waals surface area contributed by atoms with E-state index in [2.05, 4.69) is 40.1 Å². The van der Waals surface area contributed by atoms with Gasteiger partial charge in [0.05, 0.1) is 19.8 Å². The van der Waals surface area contributed by atoms with E-state index in [4.69, 9.17) is 4.74 Å². The Labute approximate surface area is 196 Å². The van der Waals surface area contributed by atoms with Gasteiger partial charge in [-0.15, -0.1) is 0 Å². The number of aryl methyl sites for hydroxylation is 2. The number of nitrogens with zero attached hydrogens (tertiary/aromatic N) is 3. The maximum atomic E-state index is 12.6. The van der Waals surface area contributed by atoms with Gasteiger partial charge in [0.15, 0.2) is 5.71 Å². The van der Waals surface area contributed by atoms with Gasteiger partial charge in [-0.05, 0) is 67.2 Å². The number of esters is 1. The Kier molecular flexibility index (Phi) is 6.94. The molecule has 33 heavy (non-hydrogen) atoms. The molecule has 0 fully saturated rings. The Balaban J connectivity index is 1.63. The molecule has 2 heterocycles. The molecule has 0 saturated carbocycles. The van der Waals surface area contributed by atoms with E-state index in [9.17, 15) is 4.79 Å². The summed E-state index contributed by atoms with van der Waals surface area (Å²) < 4.78 is 5.02. The van der Waals surface area contributed by atoms with Crippen molar-refractivity contribution in [3.63, 3.8) is 0 Å². The monoisotopic (exact) mass is 445 g/mol. The van der Waals surface area contributed by atoms with Crippen LogP contribution in [0.4, 0.5) is 17.1 Å². The summed E-state index contributed by atoms with van der Waals surface area (Å²) in [6, 6.07) is 12.5. The molecule has 2 N–H and O–H groups in total. The quantitative estimate of drug-likeness (QED) is 0.233. The molecule has 0 saturated heterocycles. The number of para-hydroxylation sites is 1. The van der Waals surface area contributed by atoms with Gasteiger partial charge in [0.2, 0.25) is 0 Å². The molecule has 0 atom stereocenters. The first-order valence-electron chi connectivity index (χ1n) is 11.6. The molecule has 0 radical (unpaired) electrons. The lowest BCUT2D eigenvalue weighted by atomic mass is 9.91. The second-order valence-electron chi connectivity index (χ2n) is 8.55. The van der Waals surface area contributed by atoms with Gasteiger partial charge >= 0.3 is 5.97 Å². The molecule has 172 valence electrons. The number of methoxy groups -OCH3 is 1. The molecule has 0 unspecified atom stereocenters. The number of benzene rings is 2. The van der Waals surface area contributed by atoms with Gasteiger partial charge in [0.25, 0.3) is 0 Å². The van der Waals surface area contributed by atoms with Crippen LogP contribution < -0.4 is 15.2 Å². The summed E-state index contributed by atoms with van der Waals surface area (Å²) in [6.45, 7) is 6.39. The number of quaternary nitrogens is 1. The SMILES string of the molecule is C=C(/C=C\c1ccccc1[NH2+]C)/C(=N/N(C)c1cc2c3c(c1)CCCN3CCC2)C(=O)OC. The van der Waals surface area contributed by atoms with E-state index in [0.717, 1.165) is 42.9 Å². The fourth-order valence-corrected chi connectivity index (χ4v) is 4.71. The smallest absolute Gasteiger partial charge is 0.359 e. The van der Waals surface area contributed by atoms with Gasteiger partial charge in [-0.25, -0.2) is 4.79 Å². The van der Waals surface area contributed by atoms with Crippen LogP contribution in [0.2, 0.25) is 0 Å². The molecule has 6 heteroatoms. The van der Waals surface area contributed by atoms with Gasteiger partial charge < -0.3 is 15.0 Å². The summed E-state index contributed by atoms with van der Waals surface area (Å²) in [5, 5.41) is 8.45. The van der Waals surface area contributed by atoms with Gasteiger partial charge in [0, 0.05) is 37.0 Å². The van der Waals surface area contributed by atoms with Crippen LogP contribution in [0.25, 0.3) is 6.08 Å². The summed E-state index contributed by atoms with van der Waals surface area (Å²) in [4.78, 5) is 15.1. The molecule has 0 bridgehead atoms. The van der Waals surface area contributed by atoms with Crippen molar-refractivity contribution < 1.29 is 14.8 Å². The first kappa shape index (κ1) is 22.8. The predicted octanol–water partition coefficient (Wildman–Crippen LogP) is 3.44. The lowest BCUT2D eigenvalue weighted by Gasteiger charge is -2.37. The first-order valence-corrected chi connectivity index (χ1v) is 11.6. The molecule has 0 amide bonds. The number of anilines is 2. The maximum Gasteiger partial charge on any atom is 0.359 e. The zero-order chi connectivity index (χ0) is 23.4. The van der Waals surface area contributed by atoms with E-state index in [1.807, 2.05) is 44.4 Å². The van der Waals surface area contributed by atoms with Crippen molar-refractivity contribution >= 4 is 34.8 Å². The van der Waals surface area contributed by atoms with Crippen LogP contribution in [0.15, 0.2) is 59.7 Å². The fourth-order valence-electron chi connectivity index (χ4n) is 4.71. The zero-order valence-corrected chi connectivity index (χ0v) is 19.8. The second kappa shape index (κ2) is 10.0. The van der Waals surface area contributed by atoms with Crippen LogP contribution in [0.3, 0.4) is 0 Å². The third kappa shape index (κ3) is 4.86. The van der Waals surface area contributed by atoms with Crippen LogP contribution in [-0.4, -0.2) is 46.0 Å². The van der Waals surface area contributed by atoms with Crippen LogP contribution in [0.1, 0.15) is 29.5 Å². The van der Waals surface area contributed by atoms with Gasteiger partial charge in [0.1, 0.15) is 5.69 Å². The number of nitrogens with two attached hydrogens (primary N) is 1. The lowest BCUT2D eigenvalue weighted by molar-refractivity contribution is -0.539. The van der Waals surface area contributed by atoms with Crippen LogP contribution in [0, 0.1) is 0 Å².